The molecule has 7 nitrogen and oxygen atoms in total. The highest BCUT2D eigenvalue weighted by Gasteiger charge is 2.27. The van der Waals surface area contributed by atoms with Crippen LogP contribution in [0.15, 0.2) is 30.3 Å². The quantitative estimate of drug-likeness (QED) is 0.565. The van der Waals surface area contributed by atoms with Gasteiger partial charge in [0, 0.05) is 43.4 Å². The first-order valence-corrected chi connectivity index (χ1v) is 12.5. The Morgan fingerprint density at radius 1 is 1.03 bits per heavy atom. The summed E-state index contributed by atoms with van der Waals surface area (Å²) in [6.45, 7) is 10.8. The smallest absolute Gasteiger partial charge is 0.255 e. The average molecular weight is 467 g/mol. The number of ether oxygens (including phenoxy) is 2. The van der Waals surface area contributed by atoms with E-state index in [1.165, 1.54) is 5.56 Å². The van der Waals surface area contributed by atoms with Gasteiger partial charge in [0.25, 0.3) is 5.91 Å². The molecule has 1 aliphatic carbocycles. The molecule has 0 bridgehead atoms. The van der Waals surface area contributed by atoms with E-state index in [2.05, 4.69) is 27.3 Å². The second-order valence-corrected chi connectivity index (χ2v) is 10.1. The zero-order valence-electron chi connectivity index (χ0n) is 20.8. The summed E-state index contributed by atoms with van der Waals surface area (Å²) < 4.78 is 11.9. The molecule has 1 aromatic heterocycles. The summed E-state index contributed by atoms with van der Waals surface area (Å²) in [5.41, 5.74) is 8.74. The Labute approximate surface area is 203 Å². The Balaban J connectivity index is 1.32. The van der Waals surface area contributed by atoms with E-state index in [1.54, 1.807) is 0 Å². The molecule has 2 aromatic rings. The Morgan fingerprint density at radius 2 is 1.65 bits per heavy atom. The monoisotopic (exact) mass is 466 g/mol. The lowest BCUT2D eigenvalue weighted by Crippen LogP contribution is -2.44. The van der Waals surface area contributed by atoms with E-state index in [0.717, 1.165) is 62.5 Å². The SMILES string of the molecule is CC(C)Oc1cc(CN2CCC(NC(=O)c3ccc(C4CC4)nc3N)CC2)cc(OC(C)C)c1. The number of nitrogen functional groups attached to an aromatic ring is 1. The number of rotatable bonds is 9. The van der Waals surface area contributed by atoms with Crippen LogP contribution < -0.4 is 20.5 Å². The van der Waals surface area contributed by atoms with Crippen molar-refractivity contribution in [2.45, 2.75) is 84.1 Å². The topological polar surface area (TPSA) is 89.7 Å². The Hall–Kier alpha value is -2.80. The van der Waals surface area contributed by atoms with Gasteiger partial charge in [-0.15, -0.1) is 0 Å². The number of nitrogens with two attached hydrogens (primary N) is 1. The zero-order chi connectivity index (χ0) is 24.2. The van der Waals surface area contributed by atoms with Gasteiger partial charge >= 0.3 is 0 Å². The molecule has 3 N–H and O–H groups in total. The van der Waals surface area contributed by atoms with Crippen molar-refractivity contribution in [1.29, 1.82) is 0 Å². The Morgan fingerprint density at radius 3 is 2.18 bits per heavy atom. The number of amides is 1. The van der Waals surface area contributed by atoms with Crippen molar-refractivity contribution in [2.24, 2.45) is 0 Å². The van der Waals surface area contributed by atoms with Crippen LogP contribution in [0, 0.1) is 0 Å². The van der Waals surface area contributed by atoms with Gasteiger partial charge in [-0.2, -0.15) is 0 Å². The number of likely N-dealkylation sites (tertiary alicyclic amines) is 1. The molecule has 2 heterocycles. The van der Waals surface area contributed by atoms with Gasteiger partial charge in [-0.1, -0.05) is 0 Å². The fourth-order valence-electron chi connectivity index (χ4n) is 4.45. The molecule has 0 radical (unpaired) electrons. The summed E-state index contributed by atoms with van der Waals surface area (Å²) in [7, 11) is 0. The maximum absolute atomic E-state index is 12.8. The molecule has 0 unspecified atom stereocenters. The van der Waals surface area contributed by atoms with E-state index in [-0.39, 0.29) is 24.2 Å². The van der Waals surface area contributed by atoms with Crippen molar-refractivity contribution in [3.05, 3.63) is 47.2 Å². The molecule has 1 aromatic carbocycles. The number of hydrogen-bond acceptors (Lipinski definition) is 6. The van der Waals surface area contributed by atoms with Crippen LogP contribution in [0.4, 0.5) is 5.82 Å². The molecule has 1 aliphatic heterocycles. The number of benzene rings is 1. The van der Waals surface area contributed by atoms with Crippen LogP contribution in [-0.4, -0.2) is 47.1 Å². The van der Waals surface area contributed by atoms with Crippen LogP contribution in [0.1, 0.15) is 80.9 Å². The molecule has 4 rings (SSSR count). The number of carbonyl (C=O) groups excluding carboxylic acids is 1. The van der Waals surface area contributed by atoms with E-state index >= 15 is 0 Å². The number of pyridine rings is 1. The molecule has 2 aliphatic rings. The van der Waals surface area contributed by atoms with Crippen LogP contribution >= 0.6 is 0 Å². The van der Waals surface area contributed by atoms with Gasteiger partial charge in [0.1, 0.15) is 17.3 Å². The average Bonchev–Trinajstić information content (AvgIpc) is 3.59. The van der Waals surface area contributed by atoms with Gasteiger partial charge in [0.05, 0.1) is 17.8 Å². The lowest BCUT2D eigenvalue weighted by atomic mass is 10.0. The van der Waals surface area contributed by atoms with Crippen molar-refractivity contribution < 1.29 is 14.3 Å². The molecule has 184 valence electrons. The molecule has 1 amide bonds. The first-order valence-electron chi connectivity index (χ1n) is 12.5. The second kappa shape index (κ2) is 10.6. The normalized spacial score (nSPS) is 17.2. The second-order valence-electron chi connectivity index (χ2n) is 10.1. The van der Waals surface area contributed by atoms with Gasteiger partial charge in [-0.25, -0.2) is 4.98 Å². The fourth-order valence-corrected chi connectivity index (χ4v) is 4.45. The molecular weight excluding hydrogens is 428 g/mol. The predicted molar refractivity (Wildman–Crippen MR) is 134 cm³/mol. The Bertz CT molecular complexity index is 967. The molecule has 1 saturated carbocycles. The summed E-state index contributed by atoms with van der Waals surface area (Å²) in [5.74, 6) is 2.41. The lowest BCUT2D eigenvalue weighted by molar-refractivity contribution is 0.0909. The van der Waals surface area contributed by atoms with Gasteiger partial charge < -0.3 is 20.5 Å². The maximum Gasteiger partial charge on any atom is 0.255 e. The summed E-state index contributed by atoms with van der Waals surface area (Å²) in [6.07, 6.45) is 4.34. The van der Waals surface area contributed by atoms with Crippen molar-refractivity contribution in [3.8, 4) is 11.5 Å². The molecule has 2 fully saturated rings. The highest BCUT2D eigenvalue weighted by Crippen LogP contribution is 2.39. The molecular formula is C27H38N4O3. The number of anilines is 1. The summed E-state index contributed by atoms with van der Waals surface area (Å²) >= 11 is 0. The van der Waals surface area contributed by atoms with Gasteiger partial charge in [-0.3, -0.25) is 9.69 Å². The number of aromatic nitrogens is 1. The van der Waals surface area contributed by atoms with Crippen LogP contribution in [0.3, 0.4) is 0 Å². The number of nitrogens with one attached hydrogen (secondary N) is 1. The van der Waals surface area contributed by atoms with Crippen LogP contribution in [0.25, 0.3) is 0 Å². The highest BCUT2D eigenvalue weighted by molar-refractivity contribution is 5.98. The molecule has 0 atom stereocenters. The number of nitrogens with zero attached hydrogens (tertiary/aromatic N) is 2. The standard InChI is InChI=1S/C27H38N4O3/c1-17(2)33-22-13-19(14-23(15-22)34-18(3)4)16-31-11-9-21(10-12-31)29-27(32)24-7-8-25(20-5-6-20)30-26(24)28/h7-8,13-15,17-18,20-21H,5-6,9-12,16H2,1-4H3,(H2,28,30)(H,29,32). The van der Waals surface area contributed by atoms with E-state index in [9.17, 15) is 4.79 Å². The van der Waals surface area contributed by atoms with E-state index < -0.39 is 0 Å². The van der Waals surface area contributed by atoms with Gasteiger partial charge in [0.2, 0.25) is 0 Å². The number of piperidine rings is 1. The van der Waals surface area contributed by atoms with Gasteiger partial charge in [-0.05, 0) is 83.2 Å². The molecule has 1 saturated heterocycles. The van der Waals surface area contributed by atoms with Crippen LogP contribution in [-0.2, 0) is 6.54 Å². The van der Waals surface area contributed by atoms with Crippen molar-refractivity contribution in [3.63, 3.8) is 0 Å². The Kier molecular flexibility index (Phi) is 7.61. The van der Waals surface area contributed by atoms with E-state index in [0.29, 0.717) is 17.3 Å². The third kappa shape index (κ3) is 6.63. The minimum atomic E-state index is -0.125. The van der Waals surface area contributed by atoms with Crippen LogP contribution in [0.2, 0.25) is 0 Å². The largest absolute Gasteiger partial charge is 0.491 e. The first-order chi connectivity index (χ1) is 16.3. The maximum atomic E-state index is 12.8. The minimum Gasteiger partial charge on any atom is -0.491 e. The molecule has 7 heteroatoms. The first kappa shape index (κ1) is 24.3. The minimum absolute atomic E-state index is 0.107. The third-order valence-electron chi connectivity index (χ3n) is 6.20. The summed E-state index contributed by atoms with van der Waals surface area (Å²) in [5, 5.41) is 3.16. The zero-order valence-corrected chi connectivity index (χ0v) is 20.8. The lowest BCUT2D eigenvalue weighted by Gasteiger charge is -2.32. The van der Waals surface area contributed by atoms with Gasteiger partial charge in [0.15, 0.2) is 0 Å². The van der Waals surface area contributed by atoms with Crippen molar-refractivity contribution in [1.82, 2.24) is 15.2 Å². The van der Waals surface area contributed by atoms with E-state index in [4.69, 9.17) is 15.2 Å². The number of hydrogen-bond donors (Lipinski definition) is 2. The highest BCUT2D eigenvalue weighted by atomic mass is 16.5. The van der Waals surface area contributed by atoms with Crippen LogP contribution in [0.5, 0.6) is 11.5 Å². The summed E-state index contributed by atoms with van der Waals surface area (Å²) in [4.78, 5) is 19.6. The predicted octanol–water partition coefficient (Wildman–Crippen LogP) is 4.51. The van der Waals surface area contributed by atoms with Crippen molar-refractivity contribution in [2.75, 3.05) is 18.8 Å². The number of carbonyl (C=O) groups is 1. The molecule has 34 heavy (non-hydrogen) atoms. The fraction of sp³-hybridized carbons (Fsp3) is 0.556. The summed E-state index contributed by atoms with van der Waals surface area (Å²) in [6, 6.07) is 10.1. The van der Waals surface area contributed by atoms with E-state index in [1.807, 2.05) is 45.9 Å². The molecule has 0 spiro atoms. The third-order valence-corrected chi connectivity index (χ3v) is 6.20. The van der Waals surface area contributed by atoms with Crippen molar-refractivity contribution >= 4 is 11.7 Å².